The first-order valence-electron chi connectivity index (χ1n) is 12.2. The van der Waals surface area contributed by atoms with Crippen LogP contribution in [0.2, 0.25) is 0 Å². The number of rotatable bonds is 10. The highest BCUT2D eigenvalue weighted by atomic mass is 16.7. The number of anilines is 1. The average Bonchev–Trinajstić information content (AvgIpc) is 3.36. The molecule has 0 radical (unpaired) electrons. The number of hydrogen-bond acceptors (Lipinski definition) is 6. The summed E-state index contributed by atoms with van der Waals surface area (Å²) in [6.07, 6.45) is 0.244. The van der Waals surface area contributed by atoms with Gasteiger partial charge in [-0.25, -0.2) is 0 Å². The SMILES string of the molecule is COc1ccc(CC(=O)Nc2cccc(CN(CC(C)(C)CN)C(=O)c3ccc4c(c3)OCO4)c2)cc1. The summed E-state index contributed by atoms with van der Waals surface area (Å²) in [5.74, 6) is 1.68. The fourth-order valence-electron chi connectivity index (χ4n) is 4.09. The highest BCUT2D eigenvalue weighted by molar-refractivity contribution is 5.95. The third kappa shape index (κ3) is 6.80. The van der Waals surface area contributed by atoms with Gasteiger partial charge in [0.25, 0.3) is 5.91 Å². The molecular weight excluding hydrogens is 470 g/mol. The number of fused-ring (bicyclic) bond motifs is 1. The number of ether oxygens (including phenoxy) is 3. The minimum absolute atomic E-state index is 0.125. The minimum Gasteiger partial charge on any atom is -0.497 e. The Labute approximate surface area is 217 Å². The first kappa shape index (κ1) is 26.0. The number of carbonyl (C=O) groups is 2. The molecule has 0 atom stereocenters. The third-order valence-corrected chi connectivity index (χ3v) is 6.19. The van der Waals surface area contributed by atoms with Crippen LogP contribution in [0.1, 0.15) is 35.3 Å². The summed E-state index contributed by atoms with van der Waals surface area (Å²) >= 11 is 0. The molecule has 0 spiro atoms. The first-order valence-corrected chi connectivity index (χ1v) is 12.2. The maximum absolute atomic E-state index is 13.6. The van der Waals surface area contributed by atoms with Crippen molar-refractivity contribution < 1.29 is 23.8 Å². The molecule has 3 aromatic rings. The van der Waals surface area contributed by atoms with Crippen LogP contribution in [0.15, 0.2) is 66.7 Å². The van der Waals surface area contributed by atoms with Crippen LogP contribution < -0.4 is 25.3 Å². The van der Waals surface area contributed by atoms with Gasteiger partial charge in [-0.15, -0.1) is 0 Å². The predicted molar refractivity (Wildman–Crippen MR) is 142 cm³/mol. The lowest BCUT2D eigenvalue weighted by Gasteiger charge is -2.32. The van der Waals surface area contributed by atoms with Crippen molar-refractivity contribution in [2.75, 3.05) is 32.3 Å². The van der Waals surface area contributed by atoms with Crippen molar-refractivity contribution >= 4 is 17.5 Å². The Morgan fingerprint density at radius 2 is 1.76 bits per heavy atom. The maximum Gasteiger partial charge on any atom is 0.254 e. The Morgan fingerprint density at radius 1 is 1.00 bits per heavy atom. The van der Waals surface area contributed by atoms with Crippen LogP contribution in [0.4, 0.5) is 5.69 Å². The van der Waals surface area contributed by atoms with Crippen LogP contribution in [-0.2, 0) is 17.8 Å². The maximum atomic E-state index is 13.6. The first-order chi connectivity index (χ1) is 17.8. The molecule has 0 fully saturated rings. The van der Waals surface area contributed by atoms with Crippen molar-refractivity contribution in [1.82, 2.24) is 4.90 Å². The average molecular weight is 504 g/mol. The molecule has 3 N–H and O–H groups in total. The van der Waals surface area contributed by atoms with Crippen LogP contribution >= 0.6 is 0 Å². The Hall–Kier alpha value is -4.04. The number of nitrogens with one attached hydrogen (secondary N) is 1. The largest absolute Gasteiger partial charge is 0.497 e. The summed E-state index contributed by atoms with van der Waals surface area (Å²) in [6, 6.07) is 20.1. The number of nitrogens with two attached hydrogens (primary N) is 1. The van der Waals surface area contributed by atoms with Gasteiger partial charge in [-0.1, -0.05) is 38.1 Å². The number of benzene rings is 3. The minimum atomic E-state index is -0.282. The number of methoxy groups -OCH3 is 1. The second kappa shape index (κ2) is 11.3. The predicted octanol–water partition coefficient (Wildman–Crippen LogP) is 4.23. The molecule has 0 bridgehead atoms. The van der Waals surface area contributed by atoms with Gasteiger partial charge in [-0.2, -0.15) is 0 Å². The molecule has 37 heavy (non-hydrogen) atoms. The summed E-state index contributed by atoms with van der Waals surface area (Å²) in [4.78, 5) is 28.0. The van der Waals surface area contributed by atoms with Gasteiger partial charge in [-0.05, 0) is 65.6 Å². The fourth-order valence-corrected chi connectivity index (χ4v) is 4.09. The highest BCUT2D eigenvalue weighted by Gasteiger charge is 2.26. The molecule has 8 heteroatoms. The molecule has 0 aromatic heterocycles. The standard InChI is InChI=1S/C29H33N3O5/c1-29(2,17-30)18-32(28(34)22-9-12-25-26(15-22)37-19-36-25)16-21-5-4-6-23(13-21)31-27(33)14-20-7-10-24(35-3)11-8-20/h4-13,15H,14,16-19,30H2,1-3H3,(H,31,33). The summed E-state index contributed by atoms with van der Waals surface area (Å²) in [6.45, 7) is 5.46. The van der Waals surface area contributed by atoms with Crippen LogP contribution in [-0.4, -0.2) is 43.7 Å². The zero-order chi connectivity index (χ0) is 26.4. The zero-order valence-electron chi connectivity index (χ0n) is 21.5. The number of amides is 2. The van der Waals surface area contributed by atoms with Crippen molar-refractivity contribution in [3.8, 4) is 17.2 Å². The van der Waals surface area contributed by atoms with Gasteiger partial charge in [0.15, 0.2) is 11.5 Å². The van der Waals surface area contributed by atoms with E-state index in [1.54, 1.807) is 30.2 Å². The monoisotopic (exact) mass is 503 g/mol. The normalized spacial score (nSPS) is 12.2. The number of hydrogen-bond donors (Lipinski definition) is 2. The van der Waals surface area contributed by atoms with Gasteiger partial charge in [0, 0.05) is 24.3 Å². The zero-order valence-corrected chi connectivity index (χ0v) is 21.5. The van der Waals surface area contributed by atoms with Crippen molar-refractivity contribution in [2.24, 2.45) is 11.1 Å². The van der Waals surface area contributed by atoms with Crippen molar-refractivity contribution in [2.45, 2.75) is 26.8 Å². The highest BCUT2D eigenvalue weighted by Crippen LogP contribution is 2.33. The van der Waals surface area contributed by atoms with Crippen molar-refractivity contribution in [3.05, 3.63) is 83.4 Å². The summed E-state index contributed by atoms with van der Waals surface area (Å²) in [7, 11) is 1.61. The third-order valence-electron chi connectivity index (χ3n) is 6.19. The second-order valence-corrected chi connectivity index (χ2v) is 9.87. The van der Waals surface area contributed by atoms with E-state index in [4.69, 9.17) is 19.9 Å². The van der Waals surface area contributed by atoms with Crippen LogP contribution in [0.5, 0.6) is 17.2 Å². The molecule has 2 amide bonds. The summed E-state index contributed by atoms with van der Waals surface area (Å²) in [5, 5.41) is 2.96. The quantitative estimate of drug-likeness (QED) is 0.429. The van der Waals surface area contributed by atoms with Crippen LogP contribution in [0.3, 0.4) is 0 Å². The summed E-state index contributed by atoms with van der Waals surface area (Å²) < 4.78 is 16.0. The molecule has 4 rings (SSSR count). The van der Waals surface area contributed by atoms with Gasteiger partial charge in [0.05, 0.1) is 13.5 Å². The van der Waals surface area contributed by atoms with E-state index in [-0.39, 0.29) is 30.4 Å². The van der Waals surface area contributed by atoms with Gasteiger partial charge in [-0.3, -0.25) is 9.59 Å². The molecular formula is C29H33N3O5. The molecule has 0 unspecified atom stereocenters. The molecule has 0 aliphatic carbocycles. The Balaban J connectivity index is 1.48. The lowest BCUT2D eigenvalue weighted by Crippen LogP contribution is -2.41. The van der Waals surface area contributed by atoms with E-state index < -0.39 is 0 Å². The Bertz CT molecular complexity index is 1260. The van der Waals surface area contributed by atoms with E-state index in [0.29, 0.717) is 42.4 Å². The van der Waals surface area contributed by atoms with Crippen molar-refractivity contribution in [3.63, 3.8) is 0 Å². The topological polar surface area (TPSA) is 103 Å². The molecule has 0 saturated carbocycles. The van der Waals surface area contributed by atoms with E-state index in [1.807, 2.05) is 62.4 Å². The Morgan fingerprint density at radius 3 is 2.49 bits per heavy atom. The number of carbonyl (C=O) groups excluding carboxylic acids is 2. The summed E-state index contributed by atoms with van der Waals surface area (Å²) in [5.41, 5.74) is 8.67. The molecule has 1 aliphatic rings. The van der Waals surface area contributed by atoms with E-state index in [2.05, 4.69) is 5.32 Å². The Kier molecular flexibility index (Phi) is 7.98. The smallest absolute Gasteiger partial charge is 0.254 e. The lowest BCUT2D eigenvalue weighted by molar-refractivity contribution is -0.115. The van der Waals surface area contributed by atoms with Crippen molar-refractivity contribution in [1.29, 1.82) is 0 Å². The number of nitrogens with zero attached hydrogens (tertiary/aromatic N) is 1. The van der Waals surface area contributed by atoms with E-state index in [0.717, 1.165) is 16.9 Å². The van der Waals surface area contributed by atoms with Crippen LogP contribution in [0, 0.1) is 5.41 Å². The van der Waals surface area contributed by atoms with E-state index in [1.165, 1.54) is 0 Å². The lowest BCUT2D eigenvalue weighted by atomic mass is 9.92. The molecule has 8 nitrogen and oxygen atoms in total. The second-order valence-electron chi connectivity index (χ2n) is 9.87. The molecule has 1 aliphatic heterocycles. The molecule has 3 aromatic carbocycles. The van der Waals surface area contributed by atoms with Gasteiger partial charge >= 0.3 is 0 Å². The van der Waals surface area contributed by atoms with Gasteiger partial charge in [0.1, 0.15) is 5.75 Å². The van der Waals surface area contributed by atoms with E-state index >= 15 is 0 Å². The van der Waals surface area contributed by atoms with E-state index in [9.17, 15) is 9.59 Å². The molecule has 0 saturated heterocycles. The molecule has 1 heterocycles. The molecule has 194 valence electrons. The van der Waals surface area contributed by atoms with Gasteiger partial charge < -0.3 is 30.2 Å². The van der Waals surface area contributed by atoms with Gasteiger partial charge in [0.2, 0.25) is 12.7 Å². The van der Waals surface area contributed by atoms with Crippen LogP contribution in [0.25, 0.3) is 0 Å². The fraction of sp³-hybridized carbons (Fsp3) is 0.310.